The number of aryl methyl sites for hydroxylation is 1. The van der Waals surface area contributed by atoms with E-state index in [-0.39, 0.29) is 22.2 Å². The Balaban J connectivity index is 2.25. The van der Waals surface area contributed by atoms with Gasteiger partial charge in [-0.15, -0.1) is 0 Å². The van der Waals surface area contributed by atoms with E-state index in [0.717, 1.165) is 0 Å². The fourth-order valence-corrected chi connectivity index (χ4v) is 2.19. The Morgan fingerprint density at radius 3 is 2.68 bits per heavy atom. The summed E-state index contributed by atoms with van der Waals surface area (Å²) in [4.78, 5) is 19.6. The zero-order valence-corrected chi connectivity index (χ0v) is 12.1. The van der Waals surface area contributed by atoms with E-state index in [1.165, 1.54) is 6.07 Å². The van der Waals surface area contributed by atoms with Crippen LogP contribution in [0.5, 0.6) is 0 Å². The Hall–Kier alpha value is -1.30. The predicted molar refractivity (Wildman–Crippen MR) is 75.1 cm³/mol. The van der Waals surface area contributed by atoms with Crippen molar-refractivity contribution in [1.82, 2.24) is 14.5 Å². The Bertz CT molecular complexity index is 606. The molecule has 0 radical (unpaired) electrons. The minimum Gasteiger partial charge on any atom is -0.342 e. The Morgan fingerprint density at radius 1 is 1.32 bits per heavy atom. The fraction of sp³-hybridized carbons (Fsp3) is 0.182. The molecule has 100 valence electrons. The van der Waals surface area contributed by atoms with Crippen LogP contribution in [-0.2, 0) is 6.54 Å². The summed E-state index contributed by atoms with van der Waals surface area (Å²) in [5, 5.41) is 3.20. The van der Waals surface area contributed by atoms with E-state index >= 15 is 0 Å². The molecule has 0 aliphatic rings. The van der Waals surface area contributed by atoms with Gasteiger partial charge in [0.25, 0.3) is 5.91 Å². The van der Waals surface area contributed by atoms with Gasteiger partial charge in [-0.05, 0) is 24.6 Å². The van der Waals surface area contributed by atoms with Crippen molar-refractivity contribution in [3.63, 3.8) is 0 Å². The van der Waals surface area contributed by atoms with Crippen molar-refractivity contribution >= 4 is 46.5 Å². The van der Waals surface area contributed by atoms with Crippen molar-refractivity contribution in [3.05, 3.63) is 39.5 Å². The third-order valence-corrected chi connectivity index (χ3v) is 2.92. The van der Waals surface area contributed by atoms with Gasteiger partial charge in [0.05, 0.1) is 5.02 Å². The number of carbonyl (C=O) groups is 1. The first-order valence-electron chi connectivity index (χ1n) is 5.36. The third kappa shape index (κ3) is 3.37. The van der Waals surface area contributed by atoms with Crippen LogP contribution in [0.25, 0.3) is 0 Å². The molecule has 0 aromatic carbocycles. The molecule has 1 amide bonds. The molecule has 1 N–H and O–H groups in total. The number of hydrogen-bond acceptors (Lipinski definition) is 3. The van der Waals surface area contributed by atoms with Crippen LogP contribution in [0.3, 0.4) is 0 Å². The number of halogens is 3. The standard InChI is InChI=1S/C11H9Cl3N4O/c1-2-18-5-6(12)3-7(18)10(19)16-9-4-8(13)15-11(14)17-9/h3-5H,2H2,1H3,(H,15,16,17,19). The van der Waals surface area contributed by atoms with Gasteiger partial charge in [0.1, 0.15) is 16.7 Å². The van der Waals surface area contributed by atoms with Crippen molar-refractivity contribution in [3.8, 4) is 0 Å². The molecule has 0 bridgehead atoms. The number of nitrogens with zero attached hydrogens (tertiary/aromatic N) is 3. The summed E-state index contributed by atoms with van der Waals surface area (Å²) in [5.41, 5.74) is 0.429. The van der Waals surface area contributed by atoms with Crippen LogP contribution in [0.2, 0.25) is 15.5 Å². The van der Waals surface area contributed by atoms with Crippen molar-refractivity contribution in [2.24, 2.45) is 0 Å². The van der Waals surface area contributed by atoms with E-state index in [4.69, 9.17) is 34.8 Å². The molecule has 2 rings (SSSR count). The molecular formula is C11H9Cl3N4O. The normalized spacial score (nSPS) is 10.5. The van der Waals surface area contributed by atoms with Crippen LogP contribution in [0, 0.1) is 0 Å². The molecule has 0 saturated heterocycles. The maximum Gasteiger partial charge on any atom is 0.273 e. The molecule has 0 saturated carbocycles. The molecule has 0 unspecified atom stereocenters. The van der Waals surface area contributed by atoms with Crippen LogP contribution in [0.1, 0.15) is 17.4 Å². The SMILES string of the molecule is CCn1cc(Cl)cc1C(=O)Nc1cc(Cl)nc(Cl)n1. The largest absolute Gasteiger partial charge is 0.342 e. The van der Waals surface area contributed by atoms with Crippen molar-refractivity contribution in [2.75, 3.05) is 5.32 Å². The van der Waals surface area contributed by atoms with E-state index in [1.807, 2.05) is 6.92 Å². The molecule has 0 spiro atoms. The number of anilines is 1. The average molecular weight is 320 g/mol. The number of carbonyl (C=O) groups excluding carboxylic acids is 1. The highest BCUT2D eigenvalue weighted by Crippen LogP contribution is 2.18. The van der Waals surface area contributed by atoms with Gasteiger partial charge in [0, 0.05) is 18.8 Å². The van der Waals surface area contributed by atoms with E-state index in [9.17, 15) is 4.79 Å². The van der Waals surface area contributed by atoms with Gasteiger partial charge in [-0.25, -0.2) is 9.97 Å². The van der Waals surface area contributed by atoms with Crippen LogP contribution < -0.4 is 5.32 Å². The van der Waals surface area contributed by atoms with Crippen molar-refractivity contribution < 1.29 is 4.79 Å². The van der Waals surface area contributed by atoms with Gasteiger partial charge in [0.15, 0.2) is 0 Å². The lowest BCUT2D eigenvalue weighted by Gasteiger charge is -2.07. The summed E-state index contributed by atoms with van der Waals surface area (Å²) < 4.78 is 1.72. The third-order valence-electron chi connectivity index (χ3n) is 2.35. The second-order valence-corrected chi connectivity index (χ2v) is 4.79. The molecule has 2 aromatic rings. The van der Waals surface area contributed by atoms with E-state index < -0.39 is 0 Å². The molecular weight excluding hydrogens is 311 g/mol. The molecule has 5 nitrogen and oxygen atoms in total. The monoisotopic (exact) mass is 318 g/mol. The summed E-state index contributed by atoms with van der Waals surface area (Å²) in [6.07, 6.45) is 1.68. The van der Waals surface area contributed by atoms with E-state index in [0.29, 0.717) is 17.3 Å². The van der Waals surface area contributed by atoms with Crippen LogP contribution in [0.15, 0.2) is 18.3 Å². The van der Waals surface area contributed by atoms with Gasteiger partial charge in [-0.1, -0.05) is 23.2 Å². The first kappa shape index (κ1) is 14.1. The molecule has 8 heteroatoms. The smallest absolute Gasteiger partial charge is 0.273 e. The lowest BCUT2D eigenvalue weighted by molar-refractivity contribution is 0.101. The van der Waals surface area contributed by atoms with Gasteiger partial charge < -0.3 is 9.88 Å². The molecule has 0 aliphatic heterocycles. The summed E-state index contributed by atoms with van der Waals surface area (Å²) in [5.74, 6) is -0.116. The zero-order chi connectivity index (χ0) is 14.0. The summed E-state index contributed by atoms with van der Waals surface area (Å²) in [6, 6.07) is 2.98. The lowest BCUT2D eigenvalue weighted by Crippen LogP contribution is -2.17. The highest BCUT2D eigenvalue weighted by molar-refractivity contribution is 6.32. The number of nitrogens with one attached hydrogen (secondary N) is 1. The van der Waals surface area contributed by atoms with Gasteiger partial charge >= 0.3 is 0 Å². The van der Waals surface area contributed by atoms with Crippen LogP contribution in [0.4, 0.5) is 5.82 Å². The minimum absolute atomic E-state index is 0.0355. The summed E-state index contributed by atoms with van der Waals surface area (Å²) in [7, 11) is 0. The van der Waals surface area contributed by atoms with Gasteiger partial charge in [-0.3, -0.25) is 4.79 Å². The van der Waals surface area contributed by atoms with E-state index in [1.54, 1.807) is 16.8 Å². The average Bonchev–Trinajstić information content (AvgIpc) is 2.69. The highest BCUT2D eigenvalue weighted by Gasteiger charge is 2.14. The maximum atomic E-state index is 12.1. The Labute approximate surface area is 124 Å². The molecule has 19 heavy (non-hydrogen) atoms. The fourth-order valence-electron chi connectivity index (χ4n) is 1.56. The number of hydrogen-bond donors (Lipinski definition) is 1. The van der Waals surface area contributed by atoms with Gasteiger partial charge in [-0.2, -0.15) is 0 Å². The predicted octanol–water partition coefficient (Wildman–Crippen LogP) is 3.51. The molecule has 0 aliphatic carbocycles. The number of aromatic nitrogens is 3. The topological polar surface area (TPSA) is 59.8 Å². The Morgan fingerprint density at radius 2 is 2.05 bits per heavy atom. The van der Waals surface area contributed by atoms with Crippen molar-refractivity contribution in [2.45, 2.75) is 13.5 Å². The second-order valence-electron chi connectivity index (χ2n) is 3.63. The first-order valence-corrected chi connectivity index (χ1v) is 6.50. The van der Waals surface area contributed by atoms with Crippen LogP contribution in [-0.4, -0.2) is 20.4 Å². The molecule has 0 atom stereocenters. The number of amides is 1. The molecule has 2 aromatic heterocycles. The summed E-state index contributed by atoms with van der Waals surface area (Å²) >= 11 is 17.3. The second kappa shape index (κ2) is 5.77. The summed E-state index contributed by atoms with van der Waals surface area (Å²) in [6.45, 7) is 2.53. The van der Waals surface area contributed by atoms with Gasteiger partial charge in [0.2, 0.25) is 5.28 Å². The van der Waals surface area contributed by atoms with E-state index in [2.05, 4.69) is 15.3 Å². The minimum atomic E-state index is -0.348. The quantitative estimate of drug-likeness (QED) is 0.695. The Kier molecular flexibility index (Phi) is 4.29. The molecule has 2 heterocycles. The maximum absolute atomic E-state index is 12.1. The highest BCUT2D eigenvalue weighted by atomic mass is 35.5. The zero-order valence-electron chi connectivity index (χ0n) is 9.82. The lowest BCUT2D eigenvalue weighted by atomic mass is 10.4. The van der Waals surface area contributed by atoms with Crippen LogP contribution >= 0.6 is 34.8 Å². The first-order chi connectivity index (χ1) is 8.99. The number of rotatable bonds is 3. The molecule has 0 fully saturated rings. The van der Waals surface area contributed by atoms with Crippen molar-refractivity contribution in [1.29, 1.82) is 0 Å².